The van der Waals surface area contributed by atoms with Crippen LogP contribution in [0.25, 0.3) is 0 Å². The lowest BCUT2D eigenvalue weighted by Crippen LogP contribution is -2.25. The molecule has 0 atom stereocenters. The molecule has 5 heteroatoms. The number of rotatable bonds is 3. The van der Waals surface area contributed by atoms with Crippen molar-refractivity contribution >= 4 is 17.4 Å². The van der Waals surface area contributed by atoms with Gasteiger partial charge >= 0.3 is 0 Å². The summed E-state index contributed by atoms with van der Waals surface area (Å²) in [4.78, 5) is 22.9. The molecule has 2 aromatic heterocycles. The summed E-state index contributed by atoms with van der Waals surface area (Å²) in [5, 5.41) is 2.81. The quantitative estimate of drug-likeness (QED) is 0.945. The van der Waals surface area contributed by atoms with Gasteiger partial charge in [0.25, 0.3) is 5.91 Å². The number of aromatic nitrogens is 2. The zero-order valence-corrected chi connectivity index (χ0v) is 12.5. The van der Waals surface area contributed by atoms with Crippen LogP contribution >= 0.6 is 0 Å². The van der Waals surface area contributed by atoms with E-state index in [2.05, 4.69) is 20.2 Å². The van der Waals surface area contributed by atoms with E-state index in [-0.39, 0.29) is 5.91 Å². The second-order valence-corrected chi connectivity index (χ2v) is 5.50. The van der Waals surface area contributed by atoms with Gasteiger partial charge in [-0.05, 0) is 37.1 Å². The molecule has 0 aromatic carbocycles. The van der Waals surface area contributed by atoms with Crippen LogP contribution < -0.4 is 10.2 Å². The van der Waals surface area contributed by atoms with Crippen molar-refractivity contribution in [3.63, 3.8) is 0 Å². The highest BCUT2D eigenvalue weighted by Gasteiger charge is 2.12. The van der Waals surface area contributed by atoms with Gasteiger partial charge in [0.05, 0.1) is 17.4 Å². The maximum atomic E-state index is 12.2. The number of carbonyl (C=O) groups is 1. The van der Waals surface area contributed by atoms with E-state index in [1.54, 1.807) is 24.7 Å². The molecule has 1 aliphatic rings. The van der Waals surface area contributed by atoms with Crippen LogP contribution in [0, 0.1) is 0 Å². The first-order valence-corrected chi connectivity index (χ1v) is 7.75. The van der Waals surface area contributed by atoms with Crippen molar-refractivity contribution in [1.82, 2.24) is 9.97 Å². The Morgan fingerprint density at radius 1 is 1.05 bits per heavy atom. The number of anilines is 2. The first-order chi connectivity index (χ1) is 10.8. The van der Waals surface area contributed by atoms with Crippen LogP contribution in [0.2, 0.25) is 0 Å². The molecule has 0 radical (unpaired) electrons. The van der Waals surface area contributed by atoms with Gasteiger partial charge in [-0.2, -0.15) is 0 Å². The molecule has 3 heterocycles. The highest BCUT2D eigenvalue weighted by molar-refractivity contribution is 6.04. The summed E-state index contributed by atoms with van der Waals surface area (Å²) >= 11 is 0. The van der Waals surface area contributed by atoms with Gasteiger partial charge in [0.1, 0.15) is 5.82 Å². The van der Waals surface area contributed by atoms with Gasteiger partial charge in [0.15, 0.2) is 0 Å². The van der Waals surface area contributed by atoms with Crippen LogP contribution in [0.1, 0.15) is 36.0 Å². The second-order valence-electron chi connectivity index (χ2n) is 5.50. The summed E-state index contributed by atoms with van der Waals surface area (Å²) in [6, 6.07) is 7.36. The number of hydrogen-bond donors (Lipinski definition) is 1. The van der Waals surface area contributed by atoms with Crippen LogP contribution in [0.15, 0.2) is 42.9 Å². The number of pyridine rings is 2. The summed E-state index contributed by atoms with van der Waals surface area (Å²) in [6.07, 6.45) is 9.95. The Hall–Kier alpha value is -2.43. The van der Waals surface area contributed by atoms with E-state index in [0.717, 1.165) is 18.9 Å². The van der Waals surface area contributed by atoms with Crippen LogP contribution in [0.3, 0.4) is 0 Å². The third-order valence-corrected chi connectivity index (χ3v) is 3.86. The van der Waals surface area contributed by atoms with Crippen LogP contribution in [-0.2, 0) is 0 Å². The van der Waals surface area contributed by atoms with Crippen molar-refractivity contribution in [2.45, 2.75) is 25.7 Å². The maximum Gasteiger partial charge on any atom is 0.257 e. The van der Waals surface area contributed by atoms with Gasteiger partial charge in [-0.3, -0.25) is 9.78 Å². The zero-order chi connectivity index (χ0) is 15.2. The molecule has 5 nitrogen and oxygen atoms in total. The molecule has 3 rings (SSSR count). The average molecular weight is 296 g/mol. The lowest BCUT2D eigenvalue weighted by molar-refractivity contribution is 0.102. The topological polar surface area (TPSA) is 58.1 Å². The molecule has 1 amide bonds. The molecule has 22 heavy (non-hydrogen) atoms. The van der Waals surface area contributed by atoms with Crippen molar-refractivity contribution in [1.29, 1.82) is 0 Å². The molecule has 1 N–H and O–H groups in total. The highest BCUT2D eigenvalue weighted by atomic mass is 16.1. The Morgan fingerprint density at radius 3 is 2.50 bits per heavy atom. The number of nitrogens with one attached hydrogen (secondary N) is 1. The fraction of sp³-hybridized carbons (Fsp3) is 0.353. The van der Waals surface area contributed by atoms with E-state index < -0.39 is 0 Å². The smallest absolute Gasteiger partial charge is 0.257 e. The number of carbonyl (C=O) groups excluding carboxylic acids is 1. The number of amides is 1. The van der Waals surface area contributed by atoms with Crippen molar-refractivity contribution in [2.24, 2.45) is 0 Å². The Morgan fingerprint density at radius 2 is 1.86 bits per heavy atom. The van der Waals surface area contributed by atoms with Gasteiger partial charge < -0.3 is 10.2 Å². The SMILES string of the molecule is O=C(Nc1cccnc1)c1ccc(N2CCCCCC2)nc1. The summed E-state index contributed by atoms with van der Waals surface area (Å²) in [7, 11) is 0. The standard InChI is InChI=1S/C17H20N4O/c22-17(20-15-6-5-9-18-13-15)14-7-8-16(19-12-14)21-10-3-1-2-4-11-21/h5-9,12-13H,1-4,10-11H2,(H,20,22). The molecule has 0 aliphatic carbocycles. The van der Waals surface area contributed by atoms with Gasteiger partial charge in [-0.25, -0.2) is 4.98 Å². The molecule has 0 unspecified atom stereocenters. The third-order valence-electron chi connectivity index (χ3n) is 3.86. The molecule has 1 aliphatic heterocycles. The van der Waals surface area contributed by atoms with E-state index in [9.17, 15) is 4.79 Å². The summed E-state index contributed by atoms with van der Waals surface area (Å²) in [5.74, 6) is 0.794. The predicted molar refractivity (Wildman–Crippen MR) is 87.1 cm³/mol. The van der Waals surface area contributed by atoms with Crippen molar-refractivity contribution in [2.75, 3.05) is 23.3 Å². The molecule has 0 bridgehead atoms. The minimum absolute atomic E-state index is 0.164. The van der Waals surface area contributed by atoms with Crippen LogP contribution in [0.5, 0.6) is 0 Å². The summed E-state index contributed by atoms with van der Waals surface area (Å²) in [5.41, 5.74) is 1.24. The molecule has 1 saturated heterocycles. The largest absolute Gasteiger partial charge is 0.357 e. The van der Waals surface area contributed by atoms with Gasteiger partial charge in [0.2, 0.25) is 0 Å². The van der Waals surface area contributed by atoms with Crippen molar-refractivity contribution in [3.05, 3.63) is 48.4 Å². The third kappa shape index (κ3) is 3.61. The molecule has 114 valence electrons. The fourth-order valence-electron chi connectivity index (χ4n) is 2.65. The fourth-order valence-corrected chi connectivity index (χ4v) is 2.65. The second kappa shape index (κ2) is 7.02. The summed E-state index contributed by atoms with van der Waals surface area (Å²) in [6.45, 7) is 2.10. The maximum absolute atomic E-state index is 12.2. The van der Waals surface area contributed by atoms with Crippen LogP contribution in [-0.4, -0.2) is 29.0 Å². The predicted octanol–water partition coefficient (Wildman–Crippen LogP) is 3.11. The van der Waals surface area contributed by atoms with Gasteiger partial charge in [0, 0.05) is 25.5 Å². The first kappa shape index (κ1) is 14.5. The molecular formula is C17H20N4O. The Balaban J connectivity index is 1.66. The highest BCUT2D eigenvalue weighted by Crippen LogP contribution is 2.17. The van der Waals surface area contributed by atoms with E-state index in [0.29, 0.717) is 11.3 Å². The van der Waals surface area contributed by atoms with Crippen molar-refractivity contribution in [3.8, 4) is 0 Å². The van der Waals surface area contributed by atoms with Gasteiger partial charge in [-0.15, -0.1) is 0 Å². The lowest BCUT2D eigenvalue weighted by atomic mass is 10.2. The molecule has 2 aromatic rings. The molecule has 0 spiro atoms. The normalized spacial score (nSPS) is 15.2. The van der Waals surface area contributed by atoms with E-state index in [1.807, 2.05) is 18.2 Å². The minimum Gasteiger partial charge on any atom is -0.357 e. The average Bonchev–Trinajstić information content (AvgIpc) is 2.85. The first-order valence-electron chi connectivity index (χ1n) is 7.75. The molecule has 0 saturated carbocycles. The zero-order valence-electron chi connectivity index (χ0n) is 12.5. The van der Waals surface area contributed by atoms with Crippen molar-refractivity contribution < 1.29 is 4.79 Å². The van der Waals surface area contributed by atoms with E-state index in [1.165, 1.54) is 25.7 Å². The van der Waals surface area contributed by atoms with Crippen LogP contribution in [0.4, 0.5) is 11.5 Å². The monoisotopic (exact) mass is 296 g/mol. The lowest BCUT2D eigenvalue weighted by Gasteiger charge is -2.21. The Labute approximate surface area is 130 Å². The number of hydrogen-bond acceptors (Lipinski definition) is 4. The summed E-state index contributed by atoms with van der Waals surface area (Å²) < 4.78 is 0. The van der Waals surface area contributed by atoms with E-state index in [4.69, 9.17) is 0 Å². The van der Waals surface area contributed by atoms with Gasteiger partial charge in [-0.1, -0.05) is 12.8 Å². The number of nitrogens with zero attached hydrogens (tertiary/aromatic N) is 3. The Bertz CT molecular complexity index is 604. The molecular weight excluding hydrogens is 276 g/mol. The minimum atomic E-state index is -0.164. The molecule has 1 fully saturated rings. The Kier molecular flexibility index (Phi) is 4.63. The van der Waals surface area contributed by atoms with E-state index >= 15 is 0 Å².